The van der Waals surface area contributed by atoms with Gasteiger partial charge in [0.25, 0.3) is 0 Å². The standard InChI is InChI=1S/C13H18FNO2/c1-9-6-11(4-5-12(9)14)8-15(3)10(2)7-13(16)17/h4-6,10H,7-8H2,1-3H3,(H,16,17). The van der Waals surface area contributed by atoms with Crippen LogP contribution in [0.4, 0.5) is 4.39 Å². The van der Waals surface area contributed by atoms with E-state index >= 15 is 0 Å². The third-order valence-corrected chi connectivity index (χ3v) is 2.88. The summed E-state index contributed by atoms with van der Waals surface area (Å²) < 4.78 is 13.1. The van der Waals surface area contributed by atoms with Crippen molar-refractivity contribution in [1.29, 1.82) is 0 Å². The topological polar surface area (TPSA) is 40.5 Å². The second-order valence-corrected chi connectivity index (χ2v) is 4.45. The molecular weight excluding hydrogens is 221 g/mol. The first kappa shape index (κ1) is 13.6. The zero-order chi connectivity index (χ0) is 13.0. The minimum atomic E-state index is -0.806. The molecule has 0 aliphatic rings. The van der Waals surface area contributed by atoms with Crippen molar-refractivity contribution in [2.45, 2.75) is 32.9 Å². The van der Waals surface area contributed by atoms with Gasteiger partial charge in [0.2, 0.25) is 0 Å². The first-order valence-corrected chi connectivity index (χ1v) is 5.57. The van der Waals surface area contributed by atoms with Gasteiger partial charge in [-0.3, -0.25) is 9.69 Å². The van der Waals surface area contributed by atoms with Crippen LogP contribution in [0.1, 0.15) is 24.5 Å². The Bertz CT molecular complexity index is 406. The molecule has 0 saturated heterocycles. The lowest BCUT2D eigenvalue weighted by Crippen LogP contribution is -2.30. The van der Waals surface area contributed by atoms with E-state index in [0.717, 1.165) is 5.56 Å². The van der Waals surface area contributed by atoms with Crippen LogP contribution < -0.4 is 0 Å². The van der Waals surface area contributed by atoms with E-state index in [9.17, 15) is 9.18 Å². The Morgan fingerprint density at radius 3 is 2.71 bits per heavy atom. The van der Waals surface area contributed by atoms with E-state index in [1.165, 1.54) is 6.07 Å². The number of aryl methyl sites for hydroxylation is 1. The number of carboxylic acids is 1. The SMILES string of the molecule is Cc1cc(CN(C)C(C)CC(=O)O)ccc1F. The number of carboxylic acid groups (broad SMARTS) is 1. The van der Waals surface area contributed by atoms with E-state index in [4.69, 9.17) is 5.11 Å². The minimum Gasteiger partial charge on any atom is -0.481 e. The van der Waals surface area contributed by atoms with Crippen molar-refractivity contribution in [2.75, 3.05) is 7.05 Å². The van der Waals surface area contributed by atoms with Crippen LogP contribution in [0.15, 0.2) is 18.2 Å². The van der Waals surface area contributed by atoms with Crippen LogP contribution in [0.25, 0.3) is 0 Å². The maximum Gasteiger partial charge on any atom is 0.304 e. The number of benzene rings is 1. The van der Waals surface area contributed by atoms with Crippen LogP contribution in [-0.2, 0) is 11.3 Å². The summed E-state index contributed by atoms with van der Waals surface area (Å²) in [6, 6.07) is 4.92. The Labute approximate surface area is 101 Å². The highest BCUT2D eigenvalue weighted by Gasteiger charge is 2.13. The monoisotopic (exact) mass is 239 g/mol. The van der Waals surface area contributed by atoms with Gasteiger partial charge in [0.15, 0.2) is 0 Å². The van der Waals surface area contributed by atoms with Crippen LogP contribution in [-0.4, -0.2) is 29.1 Å². The molecule has 94 valence electrons. The molecule has 17 heavy (non-hydrogen) atoms. The summed E-state index contributed by atoms with van der Waals surface area (Å²) >= 11 is 0. The predicted octanol–water partition coefficient (Wildman–Crippen LogP) is 2.43. The van der Waals surface area contributed by atoms with Crippen molar-refractivity contribution in [3.8, 4) is 0 Å². The lowest BCUT2D eigenvalue weighted by molar-refractivity contribution is -0.138. The number of rotatable bonds is 5. The molecular formula is C13H18FNO2. The van der Waals surface area contributed by atoms with Crippen LogP contribution >= 0.6 is 0 Å². The Balaban J connectivity index is 2.64. The van der Waals surface area contributed by atoms with Crippen LogP contribution in [0.5, 0.6) is 0 Å². The highest BCUT2D eigenvalue weighted by molar-refractivity contribution is 5.67. The summed E-state index contributed by atoms with van der Waals surface area (Å²) in [5.74, 6) is -1.02. The normalized spacial score (nSPS) is 12.8. The van der Waals surface area contributed by atoms with Gasteiger partial charge in [-0.15, -0.1) is 0 Å². The molecule has 0 bridgehead atoms. The highest BCUT2D eigenvalue weighted by atomic mass is 19.1. The van der Waals surface area contributed by atoms with E-state index in [1.807, 2.05) is 18.9 Å². The van der Waals surface area contributed by atoms with Crippen molar-refractivity contribution >= 4 is 5.97 Å². The number of nitrogens with zero attached hydrogens (tertiary/aromatic N) is 1. The van der Waals surface area contributed by atoms with Crippen molar-refractivity contribution in [1.82, 2.24) is 4.90 Å². The van der Waals surface area contributed by atoms with E-state index in [0.29, 0.717) is 12.1 Å². The molecule has 3 nitrogen and oxygen atoms in total. The maximum atomic E-state index is 13.1. The molecule has 0 radical (unpaired) electrons. The van der Waals surface area contributed by atoms with Gasteiger partial charge < -0.3 is 5.11 Å². The molecule has 0 spiro atoms. The average molecular weight is 239 g/mol. The predicted molar refractivity (Wildman–Crippen MR) is 64.3 cm³/mol. The number of aliphatic carboxylic acids is 1. The summed E-state index contributed by atoms with van der Waals surface area (Å²) in [7, 11) is 1.87. The molecule has 0 amide bonds. The van der Waals surface area contributed by atoms with Crippen molar-refractivity contribution in [3.05, 3.63) is 35.1 Å². The maximum absolute atomic E-state index is 13.1. The summed E-state index contributed by atoms with van der Waals surface area (Å²) in [5, 5.41) is 8.70. The lowest BCUT2D eigenvalue weighted by atomic mass is 10.1. The Hall–Kier alpha value is -1.42. The van der Waals surface area contributed by atoms with E-state index in [-0.39, 0.29) is 18.3 Å². The Kier molecular flexibility index (Phi) is 4.63. The molecule has 1 N–H and O–H groups in total. The van der Waals surface area contributed by atoms with Crippen molar-refractivity contribution in [3.63, 3.8) is 0 Å². The van der Waals surface area contributed by atoms with Crippen LogP contribution in [0.3, 0.4) is 0 Å². The minimum absolute atomic E-state index is 0.0436. The quantitative estimate of drug-likeness (QED) is 0.858. The van der Waals surface area contributed by atoms with Crippen LogP contribution in [0.2, 0.25) is 0 Å². The molecule has 1 rings (SSSR count). The number of halogens is 1. The Morgan fingerprint density at radius 1 is 1.53 bits per heavy atom. The fourth-order valence-electron chi connectivity index (χ4n) is 1.66. The van der Waals surface area contributed by atoms with Gasteiger partial charge in [-0.05, 0) is 38.1 Å². The van der Waals surface area contributed by atoms with Gasteiger partial charge in [0, 0.05) is 12.6 Å². The summed E-state index contributed by atoms with van der Waals surface area (Å²) in [6.07, 6.45) is 0.108. The Morgan fingerprint density at radius 2 is 2.18 bits per heavy atom. The molecule has 0 aromatic heterocycles. The van der Waals surface area contributed by atoms with Gasteiger partial charge in [-0.25, -0.2) is 4.39 Å². The second kappa shape index (κ2) is 5.77. The fraction of sp³-hybridized carbons (Fsp3) is 0.462. The summed E-state index contributed by atoms with van der Waals surface area (Å²) in [4.78, 5) is 12.5. The van der Waals surface area contributed by atoms with Crippen molar-refractivity contribution < 1.29 is 14.3 Å². The molecule has 0 aliphatic heterocycles. The third kappa shape index (κ3) is 4.15. The van der Waals surface area contributed by atoms with Gasteiger partial charge in [-0.2, -0.15) is 0 Å². The number of hydrogen-bond acceptors (Lipinski definition) is 2. The molecule has 0 saturated carbocycles. The molecule has 4 heteroatoms. The molecule has 1 unspecified atom stereocenters. The molecule has 1 aromatic rings. The highest BCUT2D eigenvalue weighted by Crippen LogP contribution is 2.13. The van der Waals surface area contributed by atoms with Gasteiger partial charge in [0.1, 0.15) is 5.82 Å². The molecule has 0 fully saturated rings. The third-order valence-electron chi connectivity index (χ3n) is 2.88. The number of carbonyl (C=O) groups is 1. The van der Waals surface area contributed by atoms with Gasteiger partial charge in [0.05, 0.1) is 6.42 Å². The largest absolute Gasteiger partial charge is 0.481 e. The lowest BCUT2D eigenvalue weighted by Gasteiger charge is -2.23. The zero-order valence-corrected chi connectivity index (χ0v) is 10.4. The molecule has 1 aromatic carbocycles. The molecule has 0 aliphatic carbocycles. The second-order valence-electron chi connectivity index (χ2n) is 4.45. The van der Waals surface area contributed by atoms with Gasteiger partial charge in [-0.1, -0.05) is 12.1 Å². The van der Waals surface area contributed by atoms with Crippen LogP contribution in [0, 0.1) is 12.7 Å². The smallest absolute Gasteiger partial charge is 0.304 e. The number of hydrogen-bond donors (Lipinski definition) is 1. The molecule has 0 heterocycles. The van der Waals surface area contributed by atoms with E-state index in [2.05, 4.69) is 0 Å². The summed E-state index contributed by atoms with van der Waals surface area (Å²) in [6.45, 7) is 4.21. The van der Waals surface area contributed by atoms with E-state index in [1.54, 1.807) is 19.1 Å². The van der Waals surface area contributed by atoms with Gasteiger partial charge >= 0.3 is 5.97 Å². The first-order valence-electron chi connectivity index (χ1n) is 5.57. The molecule has 1 atom stereocenters. The first-order chi connectivity index (χ1) is 7.90. The van der Waals surface area contributed by atoms with Crippen molar-refractivity contribution in [2.24, 2.45) is 0 Å². The zero-order valence-electron chi connectivity index (χ0n) is 10.4. The average Bonchev–Trinajstić information content (AvgIpc) is 2.22. The fourth-order valence-corrected chi connectivity index (χ4v) is 1.66. The summed E-state index contributed by atoms with van der Waals surface area (Å²) in [5.41, 5.74) is 1.60. The van der Waals surface area contributed by atoms with E-state index < -0.39 is 5.97 Å².